The van der Waals surface area contributed by atoms with E-state index in [1.807, 2.05) is 12.1 Å². The fourth-order valence-electron chi connectivity index (χ4n) is 3.29. The van der Waals surface area contributed by atoms with Crippen molar-refractivity contribution < 1.29 is 18.7 Å². The van der Waals surface area contributed by atoms with E-state index >= 15 is 0 Å². The largest absolute Gasteiger partial charge is 0.495 e. The van der Waals surface area contributed by atoms with Gasteiger partial charge >= 0.3 is 5.63 Å². The van der Waals surface area contributed by atoms with Crippen molar-refractivity contribution in [2.45, 2.75) is 13.0 Å². The minimum absolute atomic E-state index is 0.296. The molecule has 0 spiro atoms. The minimum atomic E-state index is -0.872. The first-order valence-electron chi connectivity index (χ1n) is 9.99. The third kappa shape index (κ3) is 4.97. The van der Waals surface area contributed by atoms with E-state index in [0.717, 1.165) is 5.39 Å². The molecule has 0 aliphatic rings. The van der Waals surface area contributed by atoms with Gasteiger partial charge in [0.2, 0.25) is 0 Å². The molecule has 0 saturated carbocycles. The lowest BCUT2D eigenvalue weighted by molar-refractivity contribution is -0.122. The fourth-order valence-corrected chi connectivity index (χ4v) is 3.74. The molecular weight excluding hydrogens is 465 g/mol. The number of para-hydroxylation sites is 1. The van der Waals surface area contributed by atoms with Crippen LogP contribution in [0.2, 0.25) is 10.0 Å². The molecule has 1 aromatic heterocycles. The van der Waals surface area contributed by atoms with Gasteiger partial charge in [0.05, 0.1) is 23.4 Å². The standard InChI is InChI=1S/C25H19Cl2NO5/c1-14(32-22-10-8-17(26)13-19(22)27)24(29)28-20-12-15(7-9-23(20)31-2)18-11-16-5-3-4-6-21(16)33-25(18)30/h3-14H,1-2H3,(H,28,29). The Balaban J connectivity index is 1.61. The lowest BCUT2D eigenvalue weighted by Gasteiger charge is -2.17. The van der Waals surface area contributed by atoms with E-state index < -0.39 is 17.6 Å². The Hall–Kier alpha value is -3.48. The van der Waals surface area contributed by atoms with Crippen LogP contribution in [0, 0.1) is 0 Å². The lowest BCUT2D eigenvalue weighted by atomic mass is 10.0. The van der Waals surface area contributed by atoms with Crippen LogP contribution in [0.5, 0.6) is 11.5 Å². The summed E-state index contributed by atoms with van der Waals surface area (Å²) < 4.78 is 16.5. The number of fused-ring (bicyclic) bond motifs is 1. The molecule has 0 radical (unpaired) electrons. The molecule has 0 aliphatic heterocycles. The molecule has 4 rings (SSSR count). The maximum Gasteiger partial charge on any atom is 0.344 e. The molecule has 3 aromatic carbocycles. The number of nitrogens with one attached hydrogen (secondary N) is 1. The van der Waals surface area contributed by atoms with Crippen LogP contribution in [0.3, 0.4) is 0 Å². The molecule has 1 unspecified atom stereocenters. The fraction of sp³-hybridized carbons (Fsp3) is 0.120. The van der Waals surface area contributed by atoms with E-state index in [0.29, 0.717) is 43.9 Å². The molecule has 0 saturated heterocycles. The summed E-state index contributed by atoms with van der Waals surface area (Å²) in [7, 11) is 1.49. The summed E-state index contributed by atoms with van der Waals surface area (Å²) in [5.41, 5.74) is 1.33. The maximum absolute atomic E-state index is 12.8. The highest BCUT2D eigenvalue weighted by atomic mass is 35.5. The number of anilines is 1. The van der Waals surface area contributed by atoms with Crippen molar-refractivity contribution in [2.75, 3.05) is 12.4 Å². The van der Waals surface area contributed by atoms with Crippen LogP contribution >= 0.6 is 23.2 Å². The number of carbonyl (C=O) groups excluding carboxylic acids is 1. The highest BCUT2D eigenvalue weighted by molar-refractivity contribution is 6.35. The Morgan fingerprint density at radius 2 is 1.76 bits per heavy atom. The second-order valence-electron chi connectivity index (χ2n) is 7.22. The van der Waals surface area contributed by atoms with Crippen LogP contribution in [0.15, 0.2) is 75.9 Å². The van der Waals surface area contributed by atoms with Gasteiger partial charge in [0.1, 0.15) is 17.1 Å². The van der Waals surface area contributed by atoms with Crippen molar-refractivity contribution >= 4 is 45.8 Å². The van der Waals surface area contributed by atoms with Crippen molar-refractivity contribution in [3.63, 3.8) is 0 Å². The lowest BCUT2D eigenvalue weighted by Crippen LogP contribution is -2.30. The maximum atomic E-state index is 12.8. The van der Waals surface area contributed by atoms with Crippen LogP contribution < -0.4 is 20.4 Å². The Bertz CT molecular complexity index is 1400. The molecule has 0 aliphatic carbocycles. The summed E-state index contributed by atoms with van der Waals surface area (Å²) >= 11 is 12.0. The average molecular weight is 484 g/mol. The first kappa shape index (κ1) is 22.7. The highest BCUT2D eigenvalue weighted by Crippen LogP contribution is 2.32. The SMILES string of the molecule is COc1ccc(-c2cc3ccccc3oc2=O)cc1NC(=O)C(C)Oc1ccc(Cl)cc1Cl. The molecule has 1 atom stereocenters. The monoisotopic (exact) mass is 483 g/mol. The van der Waals surface area contributed by atoms with Gasteiger partial charge in [0.15, 0.2) is 6.10 Å². The topological polar surface area (TPSA) is 77.8 Å². The summed E-state index contributed by atoms with van der Waals surface area (Å²) in [6, 6.07) is 18.8. The molecular formula is C25H19Cl2NO5. The number of halogens is 2. The Labute approximate surface area is 199 Å². The molecule has 1 N–H and O–H groups in total. The first-order valence-corrected chi connectivity index (χ1v) is 10.7. The Morgan fingerprint density at radius 3 is 2.52 bits per heavy atom. The Kier molecular flexibility index (Phi) is 6.58. The van der Waals surface area contributed by atoms with Crippen molar-refractivity contribution in [1.29, 1.82) is 0 Å². The number of benzene rings is 3. The van der Waals surface area contributed by atoms with Crippen molar-refractivity contribution in [3.05, 3.63) is 87.2 Å². The van der Waals surface area contributed by atoms with E-state index in [9.17, 15) is 9.59 Å². The zero-order chi connectivity index (χ0) is 23.5. The molecule has 33 heavy (non-hydrogen) atoms. The van der Waals surface area contributed by atoms with Crippen LogP contribution in [0.4, 0.5) is 5.69 Å². The molecule has 168 valence electrons. The first-order chi connectivity index (χ1) is 15.9. The molecule has 1 amide bonds. The van der Waals surface area contributed by atoms with Gasteiger partial charge in [0, 0.05) is 10.4 Å². The number of ether oxygens (including phenoxy) is 2. The Morgan fingerprint density at radius 1 is 1.00 bits per heavy atom. The molecule has 6 nitrogen and oxygen atoms in total. The molecule has 0 bridgehead atoms. The zero-order valence-electron chi connectivity index (χ0n) is 17.7. The van der Waals surface area contributed by atoms with Crippen LogP contribution in [-0.2, 0) is 4.79 Å². The third-order valence-corrected chi connectivity index (χ3v) is 5.51. The van der Waals surface area contributed by atoms with Gasteiger partial charge in [0.25, 0.3) is 5.91 Å². The van der Waals surface area contributed by atoms with E-state index in [2.05, 4.69) is 5.32 Å². The number of hydrogen-bond acceptors (Lipinski definition) is 5. The second kappa shape index (κ2) is 9.57. The van der Waals surface area contributed by atoms with Crippen molar-refractivity contribution in [3.8, 4) is 22.6 Å². The number of rotatable bonds is 6. The summed E-state index contributed by atoms with van der Waals surface area (Å²) in [5, 5.41) is 4.33. The number of hydrogen-bond donors (Lipinski definition) is 1. The molecule has 8 heteroatoms. The predicted molar refractivity (Wildman–Crippen MR) is 130 cm³/mol. The molecule has 0 fully saturated rings. The van der Waals surface area contributed by atoms with Crippen molar-refractivity contribution in [1.82, 2.24) is 0 Å². The normalized spacial score (nSPS) is 11.8. The molecule has 4 aromatic rings. The summed E-state index contributed by atoms with van der Waals surface area (Å²) in [5.74, 6) is 0.328. The van der Waals surface area contributed by atoms with E-state index in [4.69, 9.17) is 37.1 Å². The van der Waals surface area contributed by atoms with Gasteiger partial charge < -0.3 is 19.2 Å². The quantitative estimate of drug-likeness (QED) is 0.331. The summed E-state index contributed by atoms with van der Waals surface area (Å²) in [4.78, 5) is 25.4. The van der Waals surface area contributed by atoms with E-state index in [1.165, 1.54) is 13.2 Å². The predicted octanol–water partition coefficient (Wildman–Crippen LogP) is 6.18. The van der Waals surface area contributed by atoms with Crippen molar-refractivity contribution in [2.24, 2.45) is 0 Å². The van der Waals surface area contributed by atoms with Gasteiger partial charge in [-0.25, -0.2) is 4.79 Å². The second-order valence-corrected chi connectivity index (χ2v) is 8.07. The van der Waals surface area contributed by atoms with E-state index in [1.54, 1.807) is 55.5 Å². The summed E-state index contributed by atoms with van der Waals surface area (Å²) in [6.45, 7) is 1.59. The third-order valence-electron chi connectivity index (χ3n) is 4.98. The number of methoxy groups -OCH3 is 1. The van der Waals surface area contributed by atoms with Crippen LogP contribution in [-0.4, -0.2) is 19.1 Å². The van der Waals surface area contributed by atoms with Gasteiger partial charge in [-0.1, -0.05) is 47.5 Å². The highest BCUT2D eigenvalue weighted by Gasteiger charge is 2.19. The van der Waals surface area contributed by atoms with Gasteiger partial charge in [-0.3, -0.25) is 4.79 Å². The molecule has 1 heterocycles. The summed E-state index contributed by atoms with van der Waals surface area (Å²) in [6.07, 6.45) is -0.872. The minimum Gasteiger partial charge on any atom is -0.495 e. The van der Waals surface area contributed by atoms with Crippen LogP contribution in [0.1, 0.15) is 6.92 Å². The van der Waals surface area contributed by atoms with Gasteiger partial charge in [-0.15, -0.1) is 0 Å². The smallest absolute Gasteiger partial charge is 0.344 e. The average Bonchev–Trinajstić information content (AvgIpc) is 2.80. The number of amides is 1. The number of carbonyl (C=O) groups is 1. The zero-order valence-corrected chi connectivity index (χ0v) is 19.2. The van der Waals surface area contributed by atoms with Gasteiger partial charge in [-0.05, 0) is 55.0 Å². The van der Waals surface area contributed by atoms with Gasteiger partial charge in [-0.2, -0.15) is 0 Å². The van der Waals surface area contributed by atoms with E-state index in [-0.39, 0.29) is 0 Å². The van der Waals surface area contributed by atoms with Crippen LogP contribution in [0.25, 0.3) is 22.1 Å².